The molecule has 2 nitrogen and oxygen atoms in total. The largest absolute Gasteiger partial charge is 0.381 e. The molecule has 0 atom stereocenters. The molecule has 2 aliphatic rings. The molecule has 12 heavy (non-hydrogen) atoms. The molecule has 0 amide bonds. The number of likely N-dealkylation sites (tertiary alicyclic amines) is 1. The van der Waals surface area contributed by atoms with E-state index in [1.54, 1.807) is 0 Å². The summed E-state index contributed by atoms with van der Waals surface area (Å²) in [6.07, 6.45) is 3.84. The quantitative estimate of drug-likeness (QED) is 0.592. The van der Waals surface area contributed by atoms with E-state index < -0.39 is 0 Å². The van der Waals surface area contributed by atoms with Crippen LogP contribution in [0.25, 0.3) is 0 Å². The minimum atomic E-state index is 0.474. The monoisotopic (exact) mass is 169 g/mol. The zero-order chi connectivity index (χ0) is 8.60. The molecule has 2 aliphatic heterocycles. The molecule has 0 unspecified atom stereocenters. The molecule has 0 N–H and O–H groups in total. The molecule has 0 radical (unpaired) electrons. The van der Waals surface area contributed by atoms with Crippen LogP contribution in [0.3, 0.4) is 0 Å². The zero-order valence-corrected chi connectivity index (χ0v) is 8.18. The first-order valence-electron chi connectivity index (χ1n) is 5.05. The predicted octanol–water partition coefficient (Wildman–Crippen LogP) is 1.65. The van der Waals surface area contributed by atoms with Gasteiger partial charge in [-0.3, -0.25) is 4.90 Å². The van der Waals surface area contributed by atoms with E-state index in [4.69, 9.17) is 4.74 Å². The molecule has 2 saturated heterocycles. The van der Waals surface area contributed by atoms with Crippen molar-refractivity contribution in [2.24, 2.45) is 0 Å². The van der Waals surface area contributed by atoms with Crippen LogP contribution in [0.4, 0.5) is 0 Å². The average Bonchev–Trinajstić information content (AvgIpc) is 2.05. The van der Waals surface area contributed by atoms with Crippen molar-refractivity contribution >= 4 is 0 Å². The molecule has 2 fully saturated rings. The summed E-state index contributed by atoms with van der Waals surface area (Å²) in [6, 6.07) is 0.808. The Labute approximate surface area is 74.9 Å². The van der Waals surface area contributed by atoms with Crippen LogP contribution in [0.2, 0.25) is 0 Å². The van der Waals surface area contributed by atoms with Crippen LogP contribution in [-0.2, 0) is 4.74 Å². The molecule has 70 valence electrons. The van der Waals surface area contributed by atoms with Crippen LogP contribution in [0.5, 0.6) is 0 Å². The molecular weight excluding hydrogens is 150 g/mol. The van der Waals surface area contributed by atoms with Crippen LogP contribution < -0.4 is 0 Å². The van der Waals surface area contributed by atoms with Gasteiger partial charge in [-0.2, -0.15) is 0 Å². The van der Waals surface area contributed by atoms with Crippen molar-refractivity contribution in [1.29, 1.82) is 0 Å². The van der Waals surface area contributed by atoms with Crippen molar-refractivity contribution in [3.63, 3.8) is 0 Å². The summed E-state index contributed by atoms with van der Waals surface area (Å²) >= 11 is 0. The van der Waals surface area contributed by atoms with E-state index in [2.05, 4.69) is 18.7 Å². The smallest absolute Gasteiger partial charge is 0.0480 e. The topological polar surface area (TPSA) is 12.5 Å². The summed E-state index contributed by atoms with van der Waals surface area (Å²) in [5.41, 5.74) is 0.474. The lowest BCUT2D eigenvalue weighted by Gasteiger charge is -2.53. The molecule has 2 heteroatoms. The van der Waals surface area contributed by atoms with Crippen molar-refractivity contribution in [1.82, 2.24) is 4.90 Å². The van der Waals surface area contributed by atoms with Gasteiger partial charge in [0, 0.05) is 31.3 Å². The van der Waals surface area contributed by atoms with E-state index in [9.17, 15) is 0 Å². The minimum absolute atomic E-state index is 0.474. The van der Waals surface area contributed by atoms with Gasteiger partial charge in [-0.05, 0) is 33.1 Å². The maximum Gasteiger partial charge on any atom is 0.0480 e. The molecule has 2 rings (SSSR count). The lowest BCUT2D eigenvalue weighted by Crippen LogP contribution is -2.61. The normalized spacial score (nSPS) is 31.5. The van der Waals surface area contributed by atoms with Gasteiger partial charge in [0.05, 0.1) is 0 Å². The van der Waals surface area contributed by atoms with Gasteiger partial charge in [0.25, 0.3) is 0 Å². The second kappa shape index (κ2) is 3.00. The summed E-state index contributed by atoms with van der Waals surface area (Å²) < 4.78 is 5.36. The molecule has 0 aliphatic carbocycles. The van der Waals surface area contributed by atoms with Gasteiger partial charge < -0.3 is 4.74 Å². The van der Waals surface area contributed by atoms with E-state index >= 15 is 0 Å². The first-order valence-corrected chi connectivity index (χ1v) is 5.05. The van der Waals surface area contributed by atoms with Crippen LogP contribution in [-0.4, -0.2) is 36.2 Å². The summed E-state index contributed by atoms with van der Waals surface area (Å²) in [7, 11) is 0. The molecule has 0 bridgehead atoms. The Morgan fingerprint density at radius 2 is 1.92 bits per heavy atom. The summed E-state index contributed by atoms with van der Waals surface area (Å²) in [6.45, 7) is 7.95. The number of hydrogen-bond acceptors (Lipinski definition) is 2. The van der Waals surface area contributed by atoms with E-state index in [1.807, 2.05) is 0 Å². The van der Waals surface area contributed by atoms with Gasteiger partial charge in [-0.1, -0.05) is 0 Å². The Balaban J connectivity index is 1.91. The Morgan fingerprint density at radius 3 is 2.33 bits per heavy atom. The highest BCUT2D eigenvalue weighted by Gasteiger charge is 2.40. The molecule has 0 aromatic rings. The average molecular weight is 169 g/mol. The molecule has 2 heterocycles. The highest BCUT2D eigenvalue weighted by atomic mass is 16.5. The lowest BCUT2D eigenvalue weighted by atomic mass is 9.85. The zero-order valence-electron chi connectivity index (χ0n) is 8.18. The third-order valence-electron chi connectivity index (χ3n) is 3.37. The SMILES string of the molecule is CC1(C)CCN1C1CCOCC1. The fourth-order valence-corrected chi connectivity index (χ4v) is 2.36. The second-order valence-electron chi connectivity index (χ2n) is 4.60. The summed E-state index contributed by atoms with van der Waals surface area (Å²) in [5, 5.41) is 0. The minimum Gasteiger partial charge on any atom is -0.381 e. The summed E-state index contributed by atoms with van der Waals surface area (Å²) in [5.74, 6) is 0. The first kappa shape index (κ1) is 8.52. The molecule has 0 aromatic carbocycles. The highest BCUT2D eigenvalue weighted by Crippen LogP contribution is 2.34. The fraction of sp³-hybridized carbons (Fsp3) is 1.00. The molecule has 0 spiro atoms. The van der Waals surface area contributed by atoms with Gasteiger partial charge in [0.1, 0.15) is 0 Å². The lowest BCUT2D eigenvalue weighted by molar-refractivity contribution is -0.0640. The standard InChI is InChI=1S/C10H19NO/c1-10(2)5-6-11(10)9-3-7-12-8-4-9/h9H,3-8H2,1-2H3. The maximum atomic E-state index is 5.36. The first-order chi connectivity index (χ1) is 5.70. The van der Waals surface area contributed by atoms with Crippen molar-refractivity contribution < 1.29 is 4.74 Å². The second-order valence-corrected chi connectivity index (χ2v) is 4.60. The Morgan fingerprint density at radius 1 is 1.25 bits per heavy atom. The number of hydrogen-bond donors (Lipinski definition) is 0. The van der Waals surface area contributed by atoms with E-state index in [0.717, 1.165) is 19.3 Å². The van der Waals surface area contributed by atoms with Crippen LogP contribution in [0.1, 0.15) is 33.1 Å². The molecule has 0 aromatic heterocycles. The van der Waals surface area contributed by atoms with Crippen molar-refractivity contribution in [3.8, 4) is 0 Å². The number of nitrogens with zero attached hydrogens (tertiary/aromatic N) is 1. The molecule has 0 saturated carbocycles. The number of rotatable bonds is 1. The predicted molar refractivity (Wildman–Crippen MR) is 49.2 cm³/mol. The van der Waals surface area contributed by atoms with Crippen LogP contribution in [0, 0.1) is 0 Å². The Kier molecular flexibility index (Phi) is 2.13. The van der Waals surface area contributed by atoms with Crippen molar-refractivity contribution in [3.05, 3.63) is 0 Å². The maximum absolute atomic E-state index is 5.36. The van der Waals surface area contributed by atoms with Gasteiger partial charge in [0.2, 0.25) is 0 Å². The third-order valence-corrected chi connectivity index (χ3v) is 3.37. The van der Waals surface area contributed by atoms with E-state index in [1.165, 1.54) is 25.8 Å². The summed E-state index contributed by atoms with van der Waals surface area (Å²) in [4.78, 5) is 2.65. The Hall–Kier alpha value is -0.0800. The number of ether oxygens (including phenoxy) is 1. The van der Waals surface area contributed by atoms with Crippen LogP contribution in [0.15, 0.2) is 0 Å². The van der Waals surface area contributed by atoms with Gasteiger partial charge in [0.15, 0.2) is 0 Å². The van der Waals surface area contributed by atoms with Crippen molar-refractivity contribution in [2.75, 3.05) is 19.8 Å². The van der Waals surface area contributed by atoms with Crippen molar-refractivity contribution in [2.45, 2.75) is 44.7 Å². The van der Waals surface area contributed by atoms with E-state index in [0.29, 0.717) is 5.54 Å². The third kappa shape index (κ3) is 1.38. The highest BCUT2D eigenvalue weighted by molar-refractivity contribution is 4.96. The Bertz CT molecular complexity index is 161. The molecular formula is C10H19NO. The van der Waals surface area contributed by atoms with Gasteiger partial charge in [-0.15, -0.1) is 0 Å². The van der Waals surface area contributed by atoms with Gasteiger partial charge >= 0.3 is 0 Å². The van der Waals surface area contributed by atoms with Crippen LogP contribution >= 0.6 is 0 Å². The van der Waals surface area contributed by atoms with E-state index in [-0.39, 0.29) is 0 Å². The van der Waals surface area contributed by atoms with Gasteiger partial charge in [-0.25, -0.2) is 0 Å². The fourth-order valence-electron chi connectivity index (χ4n) is 2.36.